The van der Waals surface area contributed by atoms with Crippen molar-refractivity contribution in [2.75, 3.05) is 12.4 Å². The van der Waals surface area contributed by atoms with Gasteiger partial charge in [-0.3, -0.25) is 0 Å². The molecule has 0 saturated heterocycles. The van der Waals surface area contributed by atoms with Gasteiger partial charge < -0.3 is 15.2 Å². The van der Waals surface area contributed by atoms with Gasteiger partial charge in [0, 0.05) is 22.8 Å². The summed E-state index contributed by atoms with van der Waals surface area (Å²) in [5.74, 6) is -0.544. The minimum Gasteiger partial charge on any atom is -0.480 e. The molecule has 1 saturated carbocycles. The lowest BCUT2D eigenvalue weighted by molar-refractivity contribution is -0.138. The highest BCUT2D eigenvalue weighted by molar-refractivity contribution is 9.10. The summed E-state index contributed by atoms with van der Waals surface area (Å²) in [6.07, 6.45) is 1.97. The third-order valence-electron chi connectivity index (χ3n) is 3.08. The van der Waals surface area contributed by atoms with E-state index in [1.165, 1.54) is 0 Å². The number of ether oxygens (including phenoxy) is 1. The van der Waals surface area contributed by atoms with Gasteiger partial charge in [0.05, 0.1) is 6.61 Å². The SMILES string of the molecule is COCc1c(Br)cccc1NC(C(=O)O)C1CC1. The topological polar surface area (TPSA) is 58.6 Å². The number of anilines is 1. The van der Waals surface area contributed by atoms with Gasteiger partial charge in [0.25, 0.3) is 0 Å². The number of hydrogen-bond donors (Lipinski definition) is 2. The number of carbonyl (C=O) groups is 1. The van der Waals surface area contributed by atoms with Crippen LogP contribution in [0.5, 0.6) is 0 Å². The maximum Gasteiger partial charge on any atom is 0.326 e. The quantitative estimate of drug-likeness (QED) is 0.848. The van der Waals surface area contributed by atoms with E-state index in [2.05, 4.69) is 21.2 Å². The number of hydrogen-bond acceptors (Lipinski definition) is 3. The van der Waals surface area contributed by atoms with E-state index in [0.29, 0.717) is 6.61 Å². The van der Waals surface area contributed by atoms with Gasteiger partial charge in [-0.25, -0.2) is 4.79 Å². The Hall–Kier alpha value is -1.07. The fourth-order valence-corrected chi connectivity index (χ4v) is 2.44. The summed E-state index contributed by atoms with van der Waals surface area (Å²) in [5.41, 5.74) is 1.78. The van der Waals surface area contributed by atoms with Crippen molar-refractivity contribution in [1.82, 2.24) is 0 Å². The zero-order chi connectivity index (χ0) is 13.1. The van der Waals surface area contributed by atoms with Crippen LogP contribution in [0.1, 0.15) is 18.4 Å². The van der Waals surface area contributed by atoms with Crippen LogP contribution >= 0.6 is 15.9 Å². The van der Waals surface area contributed by atoms with E-state index in [9.17, 15) is 9.90 Å². The summed E-state index contributed by atoms with van der Waals surface area (Å²) in [6, 6.07) is 5.19. The van der Waals surface area contributed by atoms with E-state index in [1.807, 2.05) is 18.2 Å². The molecule has 0 radical (unpaired) electrons. The second-order valence-electron chi connectivity index (χ2n) is 4.50. The second kappa shape index (κ2) is 5.71. The molecule has 98 valence electrons. The lowest BCUT2D eigenvalue weighted by Gasteiger charge is -2.18. The minimum absolute atomic E-state index is 0.247. The maximum atomic E-state index is 11.2. The summed E-state index contributed by atoms with van der Waals surface area (Å²) in [7, 11) is 1.62. The van der Waals surface area contributed by atoms with E-state index >= 15 is 0 Å². The Morgan fingerprint density at radius 2 is 2.33 bits per heavy atom. The Labute approximate surface area is 114 Å². The molecule has 0 aliphatic heterocycles. The van der Waals surface area contributed by atoms with Crippen molar-refractivity contribution in [3.63, 3.8) is 0 Å². The van der Waals surface area contributed by atoms with Crippen LogP contribution in [0, 0.1) is 5.92 Å². The monoisotopic (exact) mass is 313 g/mol. The summed E-state index contributed by atoms with van der Waals surface area (Å²) in [4.78, 5) is 11.2. The number of aliphatic carboxylic acids is 1. The first-order valence-electron chi connectivity index (χ1n) is 5.89. The molecular weight excluding hydrogens is 298 g/mol. The van der Waals surface area contributed by atoms with Crippen LogP contribution in [0.4, 0.5) is 5.69 Å². The Morgan fingerprint density at radius 1 is 1.61 bits per heavy atom. The number of halogens is 1. The van der Waals surface area contributed by atoms with Crippen molar-refractivity contribution in [2.24, 2.45) is 5.92 Å². The molecule has 2 N–H and O–H groups in total. The number of nitrogens with one attached hydrogen (secondary N) is 1. The van der Waals surface area contributed by atoms with Gasteiger partial charge in [-0.15, -0.1) is 0 Å². The van der Waals surface area contributed by atoms with E-state index < -0.39 is 12.0 Å². The first kappa shape index (κ1) is 13.4. The summed E-state index contributed by atoms with van der Waals surface area (Å²) < 4.78 is 6.08. The standard InChI is InChI=1S/C13H16BrNO3/c1-18-7-9-10(14)3-2-4-11(9)15-12(13(16)17)8-5-6-8/h2-4,8,12,15H,5-7H2,1H3,(H,16,17). The van der Waals surface area contributed by atoms with Gasteiger partial charge in [-0.2, -0.15) is 0 Å². The minimum atomic E-state index is -0.791. The van der Waals surface area contributed by atoms with Crippen LogP contribution in [0.15, 0.2) is 22.7 Å². The van der Waals surface area contributed by atoms with Gasteiger partial charge in [0.15, 0.2) is 0 Å². The number of rotatable bonds is 6. The second-order valence-corrected chi connectivity index (χ2v) is 5.35. The first-order valence-corrected chi connectivity index (χ1v) is 6.68. The molecule has 2 rings (SSSR count). The Morgan fingerprint density at radius 3 is 2.89 bits per heavy atom. The molecule has 18 heavy (non-hydrogen) atoms. The van der Waals surface area contributed by atoms with Crippen LogP contribution in [-0.2, 0) is 16.1 Å². The molecule has 5 heteroatoms. The third kappa shape index (κ3) is 3.03. The first-order chi connectivity index (χ1) is 8.63. The summed E-state index contributed by atoms with van der Waals surface area (Å²) in [5, 5.41) is 12.4. The van der Waals surface area contributed by atoms with Crippen molar-refractivity contribution >= 4 is 27.6 Å². The average Bonchev–Trinajstić information content (AvgIpc) is 3.13. The lowest BCUT2D eigenvalue weighted by atomic mass is 10.1. The van der Waals surface area contributed by atoms with Gasteiger partial charge in [0.1, 0.15) is 6.04 Å². The summed E-state index contributed by atoms with van der Waals surface area (Å²) >= 11 is 3.46. The fraction of sp³-hybridized carbons (Fsp3) is 0.462. The molecule has 1 unspecified atom stereocenters. The van der Waals surface area contributed by atoms with E-state index in [-0.39, 0.29) is 5.92 Å². The normalized spacial score (nSPS) is 16.3. The highest BCUT2D eigenvalue weighted by Crippen LogP contribution is 2.35. The van der Waals surface area contributed by atoms with Crippen molar-refractivity contribution < 1.29 is 14.6 Å². The van der Waals surface area contributed by atoms with Crippen molar-refractivity contribution in [3.8, 4) is 0 Å². The largest absolute Gasteiger partial charge is 0.480 e. The van der Waals surface area contributed by atoms with Crippen molar-refractivity contribution in [3.05, 3.63) is 28.2 Å². The van der Waals surface area contributed by atoms with Crippen LogP contribution in [-0.4, -0.2) is 24.2 Å². The Kier molecular flexibility index (Phi) is 4.24. The van der Waals surface area contributed by atoms with E-state index in [0.717, 1.165) is 28.6 Å². The molecule has 1 aromatic carbocycles. The number of benzene rings is 1. The highest BCUT2D eigenvalue weighted by atomic mass is 79.9. The highest BCUT2D eigenvalue weighted by Gasteiger charge is 2.36. The Balaban J connectivity index is 2.21. The molecule has 0 aromatic heterocycles. The molecule has 1 aliphatic rings. The fourth-order valence-electron chi connectivity index (χ4n) is 1.96. The van der Waals surface area contributed by atoms with Crippen LogP contribution in [0.25, 0.3) is 0 Å². The maximum absolute atomic E-state index is 11.2. The Bertz CT molecular complexity index is 446. The molecule has 1 fully saturated rings. The number of carboxylic acids is 1. The lowest BCUT2D eigenvalue weighted by Crippen LogP contribution is -2.31. The zero-order valence-electron chi connectivity index (χ0n) is 10.1. The van der Waals surface area contributed by atoms with Crippen LogP contribution in [0.3, 0.4) is 0 Å². The van der Waals surface area contributed by atoms with Crippen LogP contribution < -0.4 is 5.32 Å². The summed E-state index contributed by atoms with van der Waals surface area (Å²) in [6.45, 7) is 0.445. The molecule has 0 heterocycles. The van der Waals surface area contributed by atoms with Gasteiger partial charge >= 0.3 is 5.97 Å². The molecule has 4 nitrogen and oxygen atoms in total. The predicted octanol–water partition coefficient (Wildman–Crippen LogP) is 2.87. The molecule has 1 atom stereocenters. The number of carboxylic acid groups (broad SMARTS) is 1. The number of methoxy groups -OCH3 is 1. The third-order valence-corrected chi connectivity index (χ3v) is 3.82. The van der Waals surface area contributed by atoms with E-state index in [1.54, 1.807) is 7.11 Å². The predicted molar refractivity (Wildman–Crippen MR) is 72.6 cm³/mol. The molecular formula is C13H16BrNO3. The van der Waals surface area contributed by atoms with Crippen molar-refractivity contribution in [2.45, 2.75) is 25.5 Å². The molecule has 0 spiro atoms. The van der Waals surface area contributed by atoms with Crippen LogP contribution in [0.2, 0.25) is 0 Å². The zero-order valence-corrected chi connectivity index (χ0v) is 11.7. The molecule has 0 amide bonds. The van der Waals surface area contributed by atoms with E-state index in [4.69, 9.17) is 4.74 Å². The smallest absolute Gasteiger partial charge is 0.326 e. The average molecular weight is 314 g/mol. The molecule has 1 aliphatic carbocycles. The van der Waals surface area contributed by atoms with Crippen molar-refractivity contribution in [1.29, 1.82) is 0 Å². The van der Waals surface area contributed by atoms with Gasteiger partial charge in [-0.1, -0.05) is 22.0 Å². The molecule has 1 aromatic rings. The molecule has 0 bridgehead atoms. The van der Waals surface area contributed by atoms with Gasteiger partial charge in [0.2, 0.25) is 0 Å². The van der Waals surface area contributed by atoms with Gasteiger partial charge in [-0.05, 0) is 30.9 Å².